The fourth-order valence-corrected chi connectivity index (χ4v) is 2.63. The molecule has 4 heteroatoms. The smallest absolute Gasteiger partial charge is 0.197 e. The highest BCUT2D eigenvalue weighted by Crippen LogP contribution is 2.34. The average Bonchev–Trinajstić information content (AvgIpc) is 3.03. The van der Waals surface area contributed by atoms with Crippen molar-refractivity contribution in [1.29, 1.82) is 0 Å². The number of rotatable bonds is 2. The van der Waals surface area contributed by atoms with E-state index < -0.39 is 0 Å². The topological polar surface area (TPSA) is 52.6 Å². The number of hydrogen-bond donors (Lipinski definition) is 0. The number of benzene rings is 2. The van der Waals surface area contributed by atoms with Crippen LogP contribution in [0, 0.1) is 0 Å². The zero-order valence-electron chi connectivity index (χ0n) is 11.8. The molecule has 22 heavy (non-hydrogen) atoms. The third-order valence-corrected chi connectivity index (χ3v) is 3.67. The fourth-order valence-electron chi connectivity index (χ4n) is 2.63. The second kappa shape index (κ2) is 4.77. The first kappa shape index (κ1) is 12.7. The van der Waals surface area contributed by atoms with E-state index in [4.69, 9.17) is 13.6 Å². The van der Waals surface area contributed by atoms with Gasteiger partial charge >= 0.3 is 0 Å². The van der Waals surface area contributed by atoms with Crippen LogP contribution in [0.2, 0.25) is 0 Å². The normalized spacial score (nSPS) is 11.1. The van der Waals surface area contributed by atoms with Crippen LogP contribution in [0.25, 0.3) is 33.3 Å². The Morgan fingerprint density at radius 2 is 1.86 bits per heavy atom. The average molecular weight is 292 g/mol. The van der Waals surface area contributed by atoms with E-state index >= 15 is 0 Å². The molecule has 2 aromatic carbocycles. The van der Waals surface area contributed by atoms with E-state index in [1.54, 1.807) is 18.4 Å². The molecule has 0 amide bonds. The van der Waals surface area contributed by atoms with Crippen LogP contribution in [-0.4, -0.2) is 7.11 Å². The lowest BCUT2D eigenvalue weighted by Gasteiger charge is -2.07. The molecule has 0 N–H and O–H groups in total. The van der Waals surface area contributed by atoms with Crippen LogP contribution in [0.1, 0.15) is 0 Å². The summed E-state index contributed by atoms with van der Waals surface area (Å²) in [7, 11) is 1.52. The molecule has 4 aromatic rings. The molecule has 0 bridgehead atoms. The molecular weight excluding hydrogens is 280 g/mol. The van der Waals surface area contributed by atoms with Crippen molar-refractivity contribution in [1.82, 2.24) is 0 Å². The molecule has 0 fully saturated rings. The van der Waals surface area contributed by atoms with E-state index in [1.807, 2.05) is 30.3 Å². The van der Waals surface area contributed by atoms with Crippen LogP contribution in [0.15, 0.2) is 68.4 Å². The predicted molar refractivity (Wildman–Crippen MR) is 84.2 cm³/mol. The fraction of sp³-hybridized carbons (Fsp3) is 0.0556. The summed E-state index contributed by atoms with van der Waals surface area (Å²) in [5, 5.41) is 1.18. The lowest BCUT2D eigenvalue weighted by atomic mass is 10.1. The summed E-state index contributed by atoms with van der Waals surface area (Å²) in [5.74, 6) is 0.972. The third-order valence-electron chi connectivity index (χ3n) is 3.67. The quantitative estimate of drug-likeness (QED) is 0.555. The van der Waals surface area contributed by atoms with Gasteiger partial charge in [0.15, 0.2) is 11.0 Å². The van der Waals surface area contributed by atoms with Crippen molar-refractivity contribution in [3.63, 3.8) is 0 Å². The van der Waals surface area contributed by atoms with E-state index in [0.29, 0.717) is 28.1 Å². The SMILES string of the molecule is COc1cc2occc2c2oc(-c3ccccc3)cc(=O)c12. The molecule has 0 aliphatic carbocycles. The Morgan fingerprint density at radius 3 is 2.64 bits per heavy atom. The van der Waals surface area contributed by atoms with E-state index in [-0.39, 0.29) is 5.43 Å². The van der Waals surface area contributed by atoms with Gasteiger partial charge in [0.25, 0.3) is 0 Å². The van der Waals surface area contributed by atoms with Gasteiger partial charge in [0.1, 0.15) is 22.5 Å². The number of methoxy groups -OCH3 is 1. The van der Waals surface area contributed by atoms with Crippen molar-refractivity contribution in [2.75, 3.05) is 7.11 Å². The zero-order chi connectivity index (χ0) is 15.1. The second-order valence-electron chi connectivity index (χ2n) is 4.96. The first-order chi connectivity index (χ1) is 10.8. The van der Waals surface area contributed by atoms with E-state index in [2.05, 4.69) is 0 Å². The third kappa shape index (κ3) is 1.81. The number of furan rings is 1. The summed E-state index contributed by atoms with van der Waals surface area (Å²) in [6.07, 6.45) is 1.57. The molecule has 4 nitrogen and oxygen atoms in total. The summed E-state index contributed by atoms with van der Waals surface area (Å²) in [4.78, 5) is 12.5. The van der Waals surface area contributed by atoms with Crippen molar-refractivity contribution < 1.29 is 13.6 Å². The van der Waals surface area contributed by atoms with Crippen molar-refractivity contribution in [3.05, 3.63) is 65.0 Å². The van der Waals surface area contributed by atoms with Gasteiger partial charge in [-0.1, -0.05) is 30.3 Å². The van der Waals surface area contributed by atoms with Crippen molar-refractivity contribution in [3.8, 4) is 17.1 Å². The minimum atomic E-state index is -0.139. The van der Waals surface area contributed by atoms with Gasteiger partial charge in [-0.25, -0.2) is 0 Å². The zero-order valence-corrected chi connectivity index (χ0v) is 11.8. The molecule has 0 aliphatic rings. The summed E-state index contributed by atoms with van der Waals surface area (Å²) in [6.45, 7) is 0. The summed E-state index contributed by atoms with van der Waals surface area (Å²) in [6, 6.07) is 14.5. The van der Waals surface area contributed by atoms with Gasteiger partial charge in [-0.2, -0.15) is 0 Å². The maximum Gasteiger partial charge on any atom is 0.197 e. The minimum Gasteiger partial charge on any atom is -0.496 e. The highest BCUT2D eigenvalue weighted by Gasteiger charge is 2.16. The molecule has 2 heterocycles. The first-order valence-corrected chi connectivity index (χ1v) is 6.85. The molecule has 4 rings (SSSR count). The van der Waals surface area contributed by atoms with E-state index in [1.165, 1.54) is 13.2 Å². The Hall–Kier alpha value is -3.01. The molecule has 0 unspecified atom stereocenters. The van der Waals surface area contributed by atoms with Gasteiger partial charge in [0.05, 0.1) is 18.8 Å². The highest BCUT2D eigenvalue weighted by molar-refractivity contribution is 6.05. The van der Waals surface area contributed by atoms with Crippen LogP contribution in [0.3, 0.4) is 0 Å². The summed E-state index contributed by atoms with van der Waals surface area (Å²) in [5.41, 5.74) is 1.81. The lowest BCUT2D eigenvalue weighted by molar-refractivity contribution is 0.418. The summed E-state index contributed by atoms with van der Waals surface area (Å²) < 4.78 is 16.7. The standard InChI is InChI=1S/C18H12O4/c1-20-16-10-15-12(7-8-21-15)18-17(16)13(19)9-14(22-18)11-5-3-2-4-6-11/h2-10H,1H3. The molecule has 0 saturated carbocycles. The molecular formula is C18H12O4. The van der Waals surface area contributed by atoms with E-state index in [0.717, 1.165) is 10.9 Å². The van der Waals surface area contributed by atoms with Crippen LogP contribution in [-0.2, 0) is 0 Å². The van der Waals surface area contributed by atoms with Gasteiger partial charge in [-0.15, -0.1) is 0 Å². The maximum absolute atomic E-state index is 12.5. The minimum absolute atomic E-state index is 0.139. The molecule has 0 spiro atoms. The molecule has 108 valence electrons. The lowest BCUT2D eigenvalue weighted by Crippen LogP contribution is -2.03. The van der Waals surface area contributed by atoms with Crippen LogP contribution < -0.4 is 10.2 Å². The van der Waals surface area contributed by atoms with Gasteiger partial charge in [0.2, 0.25) is 0 Å². The predicted octanol–water partition coefficient (Wildman–Crippen LogP) is 4.21. The Balaban J connectivity index is 2.15. The van der Waals surface area contributed by atoms with Gasteiger partial charge in [-0.05, 0) is 6.07 Å². The van der Waals surface area contributed by atoms with Crippen LogP contribution >= 0.6 is 0 Å². The molecule has 0 aliphatic heterocycles. The van der Waals surface area contributed by atoms with Gasteiger partial charge < -0.3 is 13.6 Å². The number of ether oxygens (including phenoxy) is 1. The Labute approximate surface area is 125 Å². The van der Waals surface area contributed by atoms with Crippen LogP contribution in [0.4, 0.5) is 0 Å². The first-order valence-electron chi connectivity index (χ1n) is 6.85. The number of fused-ring (bicyclic) bond motifs is 3. The second-order valence-corrected chi connectivity index (χ2v) is 4.96. The molecule has 0 saturated heterocycles. The number of hydrogen-bond acceptors (Lipinski definition) is 4. The Morgan fingerprint density at radius 1 is 1.05 bits per heavy atom. The van der Waals surface area contributed by atoms with Crippen molar-refractivity contribution >= 4 is 21.9 Å². The van der Waals surface area contributed by atoms with Crippen molar-refractivity contribution in [2.24, 2.45) is 0 Å². The van der Waals surface area contributed by atoms with Gasteiger partial charge in [0, 0.05) is 17.7 Å². The van der Waals surface area contributed by atoms with E-state index in [9.17, 15) is 4.79 Å². The molecule has 0 atom stereocenters. The van der Waals surface area contributed by atoms with Crippen molar-refractivity contribution in [2.45, 2.75) is 0 Å². The Bertz CT molecular complexity index is 1030. The Kier molecular flexibility index (Phi) is 2.76. The van der Waals surface area contributed by atoms with Crippen LogP contribution in [0.5, 0.6) is 5.75 Å². The maximum atomic E-state index is 12.5. The monoisotopic (exact) mass is 292 g/mol. The highest BCUT2D eigenvalue weighted by atomic mass is 16.5. The van der Waals surface area contributed by atoms with Gasteiger partial charge in [-0.3, -0.25) is 4.79 Å². The largest absolute Gasteiger partial charge is 0.496 e. The molecule has 0 radical (unpaired) electrons. The molecule has 2 aromatic heterocycles. The summed E-state index contributed by atoms with van der Waals surface area (Å²) >= 11 is 0.